The van der Waals surface area contributed by atoms with Crippen molar-refractivity contribution in [3.63, 3.8) is 0 Å². The Morgan fingerprint density at radius 3 is 2.18 bits per heavy atom. The van der Waals surface area contributed by atoms with Gasteiger partial charge >= 0.3 is 0 Å². The maximum Gasteiger partial charge on any atom is 0.227 e. The number of nitrogens with zero attached hydrogens (tertiary/aromatic N) is 3. The summed E-state index contributed by atoms with van der Waals surface area (Å²) in [6.45, 7) is 4.08. The molecule has 1 saturated heterocycles. The van der Waals surface area contributed by atoms with Gasteiger partial charge in [-0.25, -0.2) is 4.98 Å². The molecule has 1 aliphatic rings. The molecule has 3 aromatic carbocycles. The number of rotatable bonds is 6. The van der Waals surface area contributed by atoms with Gasteiger partial charge < -0.3 is 4.90 Å². The molecule has 0 bridgehead atoms. The van der Waals surface area contributed by atoms with Crippen LogP contribution in [0, 0.1) is 0 Å². The highest BCUT2D eigenvalue weighted by Gasteiger charge is 2.22. The van der Waals surface area contributed by atoms with Gasteiger partial charge in [0.15, 0.2) is 0 Å². The van der Waals surface area contributed by atoms with Crippen molar-refractivity contribution in [2.24, 2.45) is 0 Å². The molecule has 172 valence electrons. The van der Waals surface area contributed by atoms with Crippen molar-refractivity contribution in [3.8, 4) is 22.4 Å². The molecule has 0 aliphatic carbocycles. The van der Waals surface area contributed by atoms with Gasteiger partial charge in [-0.1, -0.05) is 78.3 Å². The number of thiazole rings is 1. The van der Waals surface area contributed by atoms with Gasteiger partial charge in [0.2, 0.25) is 5.91 Å². The molecule has 0 N–H and O–H groups in total. The molecule has 4 nitrogen and oxygen atoms in total. The SMILES string of the molecule is O=C(Cc1ccc(-c2ccccc2)cc1)N1CCN(Cc2nc(-c3ccc(Cl)cc3)cs2)CC1. The van der Waals surface area contributed by atoms with E-state index in [9.17, 15) is 4.79 Å². The maximum atomic E-state index is 12.9. The minimum atomic E-state index is 0.200. The second kappa shape index (κ2) is 10.5. The number of halogens is 1. The fraction of sp³-hybridized carbons (Fsp3) is 0.214. The maximum absolute atomic E-state index is 12.9. The number of hydrogen-bond acceptors (Lipinski definition) is 4. The Bertz CT molecular complexity index is 1230. The molecule has 0 saturated carbocycles. The molecule has 2 heterocycles. The topological polar surface area (TPSA) is 36.4 Å². The summed E-state index contributed by atoms with van der Waals surface area (Å²) in [7, 11) is 0. The van der Waals surface area contributed by atoms with E-state index in [1.807, 2.05) is 47.4 Å². The highest BCUT2D eigenvalue weighted by atomic mass is 35.5. The molecule has 1 aromatic heterocycles. The van der Waals surface area contributed by atoms with Crippen LogP contribution in [0.15, 0.2) is 84.2 Å². The molecule has 1 fully saturated rings. The highest BCUT2D eigenvalue weighted by Crippen LogP contribution is 2.25. The number of amides is 1. The summed E-state index contributed by atoms with van der Waals surface area (Å²) in [6.07, 6.45) is 0.450. The summed E-state index contributed by atoms with van der Waals surface area (Å²) in [5, 5.41) is 3.93. The summed E-state index contributed by atoms with van der Waals surface area (Å²) >= 11 is 7.67. The van der Waals surface area contributed by atoms with Crippen LogP contribution in [0.2, 0.25) is 5.02 Å². The van der Waals surface area contributed by atoms with Gasteiger partial charge in [0, 0.05) is 42.1 Å². The Kier molecular flexibility index (Phi) is 7.05. The van der Waals surface area contributed by atoms with E-state index in [2.05, 4.69) is 46.7 Å². The van der Waals surface area contributed by atoms with Gasteiger partial charge in [-0.2, -0.15) is 0 Å². The molecule has 1 amide bonds. The molecule has 0 spiro atoms. The fourth-order valence-electron chi connectivity index (χ4n) is 4.22. The van der Waals surface area contributed by atoms with Crippen LogP contribution in [0.3, 0.4) is 0 Å². The quantitative estimate of drug-likeness (QED) is 0.334. The zero-order valence-corrected chi connectivity index (χ0v) is 20.4. The zero-order valence-electron chi connectivity index (χ0n) is 18.9. The third-order valence-corrected chi connectivity index (χ3v) is 7.28. The van der Waals surface area contributed by atoms with Crippen LogP contribution in [0.1, 0.15) is 10.6 Å². The lowest BCUT2D eigenvalue weighted by Crippen LogP contribution is -2.48. The van der Waals surface area contributed by atoms with Crippen molar-refractivity contribution in [2.75, 3.05) is 26.2 Å². The van der Waals surface area contributed by atoms with Crippen molar-refractivity contribution < 1.29 is 4.79 Å². The number of carbonyl (C=O) groups is 1. The monoisotopic (exact) mass is 487 g/mol. The molecule has 34 heavy (non-hydrogen) atoms. The van der Waals surface area contributed by atoms with Gasteiger partial charge in [0.25, 0.3) is 0 Å². The second-order valence-electron chi connectivity index (χ2n) is 8.53. The van der Waals surface area contributed by atoms with Crippen molar-refractivity contribution in [1.29, 1.82) is 0 Å². The summed E-state index contributed by atoms with van der Waals surface area (Å²) in [5.74, 6) is 0.200. The number of piperazine rings is 1. The number of carbonyl (C=O) groups excluding carboxylic acids is 1. The zero-order chi connectivity index (χ0) is 23.3. The Balaban J connectivity index is 1.11. The van der Waals surface area contributed by atoms with Crippen LogP contribution in [0.4, 0.5) is 0 Å². The van der Waals surface area contributed by atoms with Gasteiger partial charge in [0.05, 0.1) is 18.7 Å². The van der Waals surface area contributed by atoms with Gasteiger partial charge in [-0.3, -0.25) is 9.69 Å². The van der Waals surface area contributed by atoms with Crippen LogP contribution in [0.25, 0.3) is 22.4 Å². The van der Waals surface area contributed by atoms with Crippen LogP contribution in [0.5, 0.6) is 0 Å². The number of hydrogen-bond donors (Lipinski definition) is 0. The lowest BCUT2D eigenvalue weighted by Gasteiger charge is -2.34. The molecule has 6 heteroatoms. The van der Waals surface area contributed by atoms with Gasteiger partial charge in [-0.15, -0.1) is 11.3 Å². The van der Waals surface area contributed by atoms with Crippen LogP contribution in [-0.2, 0) is 17.8 Å². The normalized spacial score (nSPS) is 14.3. The molecule has 1 aliphatic heterocycles. The first-order valence-corrected chi connectivity index (χ1v) is 12.7. The number of aromatic nitrogens is 1. The lowest BCUT2D eigenvalue weighted by molar-refractivity contribution is -0.132. The van der Waals surface area contributed by atoms with E-state index < -0.39 is 0 Å². The van der Waals surface area contributed by atoms with E-state index >= 15 is 0 Å². The van der Waals surface area contributed by atoms with E-state index in [0.29, 0.717) is 6.42 Å². The minimum absolute atomic E-state index is 0.200. The predicted octanol–water partition coefficient (Wildman–Crippen LogP) is 6.02. The Hall–Kier alpha value is -2.99. The molecule has 0 radical (unpaired) electrons. The molecule has 5 rings (SSSR count). The third kappa shape index (κ3) is 5.55. The highest BCUT2D eigenvalue weighted by molar-refractivity contribution is 7.09. The first-order chi connectivity index (χ1) is 16.6. The largest absolute Gasteiger partial charge is 0.340 e. The van der Waals surface area contributed by atoms with E-state index in [-0.39, 0.29) is 5.91 Å². The van der Waals surface area contributed by atoms with Gasteiger partial charge in [0.1, 0.15) is 5.01 Å². The predicted molar refractivity (Wildman–Crippen MR) is 140 cm³/mol. The minimum Gasteiger partial charge on any atom is -0.340 e. The van der Waals surface area contributed by atoms with E-state index in [4.69, 9.17) is 16.6 Å². The standard InChI is InChI=1S/C28H26ClN3OS/c29-25-12-10-24(11-13-25)26-20-34-27(30-26)19-31-14-16-32(17-15-31)28(33)18-21-6-8-23(9-7-21)22-4-2-1-3-5-22/h1-13,20H,14-19H2. The van der Waals surface area contributed by atoms with E-state index in [1.165, 1.54) is 11.1 Å². The Labute approximate surface area is 209 Å². The van der Waals surface area contributed by atoms with Crippen molar-refractivity contribution in [3.05, 3.63) is 99.8 Å². The molecular formula is C28H26ClN3OS. The number of benzene rings is 3. The summed E-state index contributed by atoms with van der Waals surface area (Å²) in [5.41, 5.74) is 5.50. The van der Waals surface area contributed by atoms with E-state index in [1.54, 1.807) is 11.3 Å². The Morgan fingerprint density at radius 1 is 0.824 bits per heavy atom. The summed E-state index contributed by atoms with van der Waals surface area (Å²) in [6, 6.07) is 26.4. The lowest BCUT2D eigenvalue weighted by atomic mass is 10.0. The van der Waals surface area contributed by atoms with Crippen LogP contribution >= 0.6 is 22.9 Å². The molecule has 0 atom stereocenters. The van der Waals surface area contributed by atoms with Gasteiger partial charge in [-0.05, 0) is 28.8 Å². The van der Waals surface area contributed by atoms with Crippen LogP contribution < -0.4 is 0 Å². The van der Waals surface area contributed by atoms with Crippen molar-refractivity contribution in [1.82, 2.24) is 14.8 Å². The average molecular weight is 488 g/mol. The summed E-state index contributed by atoms with van der Waals surface area (Å²) < 4.78 is 0. The van der Waals surface area contributed by atoms with Crippen molar-refractivity contribution in [2.45, 2.75) is 13.0 Å². The second-order valence-corrected chi connectivity index (χ2v) is 9.91. The first kappa shape index (κ1) is 22.8. The fourth-order valence-corrected chi connectivity index (χ4v) is 5.19. The van der Waals surface area contributed by atoms with Crippen molar-refractivity contribution >= 4 is 28.8 Å². The molecule has 0 unspecified atom stereocenters. The average Bonchev–Trinajstić information content (AvgIpc) is 3.34. The smallest absolute Gasteiger partial charge is 0.227 e. The Morgan fingerprint density at radius 2 is 1.47 bits per heavy atom. The molecule has 4 aromatic rings. The first-order valence-electron chi connectivity index (χ1n) is 11.5. The van der Waals surface area contributed by atoms with E-state index in [0.717, 1.165) is 59.6 Å². The summed E-state index contributed by atoms with van der Waals surface area (Å²) in [4.78, 5) is 22.0. The van der Waals surface area contributed by atoms with Crippen LogP contribution in [-0.4, -0.2) is 46.9 Å². The molecular weight excluding hydrogens is 462 g/mol. The third-order valence-electron chi connectivity index (χ3n) is 6.19.